The number of aryl methyl sites for hydroxylation is 1. The standard InChI is InChI=1S/C8H15N3/c1-4-6-5-10-7(11-6)8(2,3)9/h5H,4,9H2,1-3H3,(H,10,11). The lowest BCUT2D eigenvalue weighted by Crippen LogP contribution is -2.30. The Kier molecular flexibility index (Phi) is 2.00. The minimum atomic E-state index is -0.354. The molecule has 0 aliphatic carbocycles. The molecule has 3 heteroatoms. The van der Waals surface area contributed by atoms with Gasteiger partial charge in [-0.25, -0.2) is 4.98 Å². The Labute approximate surface area is 67.0 Å². The number of hydrogen-bond donors (Lipinski definition) is 2. The molecule has 0 radical (unpaired) electrons. The molecule has 0 aliphatic rings. The van der Waals surface area contributed by atoms with Crippen molar-refractivity contribution < 1.29 is 0 Å². The highest BCUT2D eigenvalue weighted by molar-refractivity contribution is 5.07. The Morgan fingerprint density at radius 2 is 2.27 bits per heavy atom. The lowest BCUT2D eigenvalue weighted by molar-refractivity contribution is 0.519. The highest BCUT2D eigenvalue weighted by Gasteiger charge is 2.17. The lowest BCUT2D eigenvalue weighted by atomic mass is 10.1. The van der Waals surface area contributed by atoms with Gasteiger partial charge in [-0.05, 0) is 20.3 Å². The molecule has 0 bridgehead atoms. The van der Waals surface area contributed by atoms with Crippen LogP contribution in [0.25, 0.3) is 0 Å². The Hall–Kier alpha value is -0.830. The van der Waals surface area contributed by atoms with Crippen LogP contribution < -0.4 is 5.73 Å². The normalized spacial score (nSPS) is 12.0. The summed E-state index contributed by atoms with van der Waals surface area (Å²) in [5, 5.41) is 0. The van der Waals surface area contributed by atoms with Gasteiger partial charge in [-0.2, -0.15) is 0 Å². The summed E-state index contributed by atoms with van der Waals surface area (Å²) in [4.78, 5) is 7.34. The first-order chi connectivity index (χ1) is 5.04. The molecule has 1 heterocycles. The lowest BCUT2D eigenvalue weighted by Gasteiger charge is -2.14. The smallest absolute Gasteiger partial charge is 0.125 e. The third-order valence-electron chi connectivity index (χ3n) is 1.62. The van der Waals surface area contributed by atoms with Crippen LogP contribution in [0.4, 0.5) is 0 Å². The van der Waals surface area contributed by atoms with E-state index in [-0.39, 0.29) is 5.54 Å². The average Bonchev–Trinajstić information content (AvgIpc) is 2.32. The zero-order chi connectivity index (χ0) is 8.48. The van der Waals surface area contributed by atoms with Crippen LogP contribution in [0, 0.1) is 0 Å². The molecule has 0 saturated heterocycles. The molecular weight excluding hydrogens is 138 g/mol. The van der Waals surface area contributed by atoms with Crippen molar-refractivity contribution in [2.45, 2.75) is 32.7 Å². The first kappa shape index (κ1) is 8.27. The Morgan fingerprint density at radius 3 is 2.55 bits per heavy atom. The number of nitrogens with two attached hydrogens (primary N) is 1. The number of hydrogen-bond acceptors (Lipinski definition) is 2. The van der Waals surface area contributed by atoms with E-state index in [0.717, 1.165) is 17.9 Å². The second kappa shape index (κ2) is 2.66. The molecule has 1 aromatic rings. The van der Waals surface area contributed by atoms with E-state index >= 15 is 0 Å². The highest BCUT2D eigenvalue weighted by atomic mass is 15.0. The molecule has 0 aromatic carbocycles. The number of imidazole rings is 1. The summed E-state index contributed by atoms with van der Waals surface area (Å²) < 4.78 is 0. The number of aromatic nitrogens is 2. The zero-order valence-electron chi connectivity index (χ0n) is 7.31. The van der Waals surface area contributed by atoms with Gasteiger partial charge >= 0.3 is 0 Å². The van der Waals surface area contributed by atoms with Gasteiger partial charge in [0.05, 0.1) is 5.54 Å². The fraction of sp³-hybridized carbons (Fsp3) is 0.625. The van der Waals surface area contributed by atoms with Crippen LogP contribution in [-0.4, -0.2) is 9.97 Å². The fourth-order valence-electron chi connectivity index (χ4n) is 0.866. The average molecular weight is 153 g/mol. The summed E-state index contributed by atoms with van der Waals surface area (Å²) in [6.45, 7) is 5.96. The molecule has 62 valence electrons. The number of H-pyrrole nitrogens is 1. The third kappa shape index (κ3) is 1.80. The van der Waals surface area contributed by atoms with Gasteiger partial charge in [0.1, 0.15) is 5.82 Å². The highest BCUT2D eigenvalue weighted by Crippen LogP contribution is 2.12. The molecule has 11 heavy (non-hydrogen) atoms. The van der Waals surface area contributed by atoms with Crippen LogP contribution in [0.1, 0.15) is 32.3 Å². The van der Waals surface area contributed by atoms with Crippen molar-refractivity contribution in [1.82, 2.24) is 9.97 Å². The minimum absolute atomic E-state index is 0.354. The Bertz CT molecular complexity index is 232. The monoisotopic (exact) mass is 153 g/mol. The van der Waals surface area contributed by atoms with Gasteiger partial charge in [-0.1, -0.05) is 6.92 Å². The summed E-state index contributed by atoms with van der Waals surface area (Å²) in [7, 11) is 0. The first-order valence-corrected chi connectivity index (χ1v) is 3.87. The van der Waals surface area contributed by atoms with E-state index in [9.17, 15) is 0 Å². The molecule has 3 nitrogen and oxygen atoms in total. The maximum Gasteiger partial charge on any atom is 0.125 e. The van der Waals surface area contributed by atoms with Gasteiger partial charge < -0.3 is 10.7 Å². The molecule has 0 aliphatic heterocycles. The second-order valence-electron chi connectivity index (χ2n) is 3.33. The van der Waals surface area contributed by atoms with Gasteiger partial charge in [0.25, 0.3) is 0 Å². The zero-order valence-corrected chi connectivity index (χ0v) is 7.31. The summed E-state index contributed by atoms with van der Waals surface area (Å²) in [6, 6.07) is 0. The van der Waals surface area contributed by atoms with Gasteiger partial charge in [0, 0.05) is 11.9 Å². The van der Waals surface area contributed by atoms with Crippen LogP contribution in [0.2, 0.25) is 0 Å². The molecule has 0 spiro atoms. The predicted molar refractivity (Wildman–Crippen MR) is 45.2 cm³/mol. The maximum absolute atomic E-state index is 5.83. The van der Waals surface area contributed by atoms with Crippen molar-refractivity contribution in [3.8, 4) is 0 Å². The molecule has 0 saturated carbocycles. The van der Waals surface area contributed by atoms with E-state index < -0.39 is 0 Å². The molecular formula is C8H15N3. The maximum atomic E-state index is 5.83. The van der Waals surface area contributed by atoms with E-state index in [4.69, 9.17) is 5.73 Å². The van der Waals surface area contributed by atoms with Crippen molar-refractivity contribution in [3.63, 3.8) is 0 Å². The molecule has 0 atom stereocenters. The predicted octanol–water partition coefficient (Wildman–Crippen LogP) is 1.17. The van der Waals surface area contributed by atoms with Crippen LogP contribution >= 0.6 is 0 Å². The van der Waals surface area contributed by atoms with Crippen molar-refractivity contribution in [2.24, 2.45) is 5.73 Å². The largest absolute Gasteiger partial charge is 0.344 e. The molecule has 0 unspecified atom stereocenters. The van der Waals surface area contributed by atoms with E-state index in [1.165, 1.54) is 0 Å². The summed E-state index contributed by atoms with van der Waals surface area (Å²) >= 11 is 0. The fourth-order valence-corrected chi connectivity index (χ4v) is 0.866. The first-order valence-electron chi connectivity index (χ1n) is 3.87. The number of rotatable bonds is 2. The van der Waals surface area contributed by atoms with E-state index in [1.807, 2.05) is 20.0 Å². The SMILES string of the molecule is CCc1cnc(C(C)(C)N)[nH]1. The molecule has 3 N–H and O–H groups in total. The minimum Gasteiger partial charge on any atom is -0.344 e. The van der Waals surface area contributed by atoms with E-state index in [1.54, 1.807) is 0 Å². The second-order valence-corrected chi connectivity index (χ2v) is 3.33. The quantitative estimate of drug-likeness (QED) is 0.670. The Morgan fingerprint density at radius 1 is 1.64 bits per heavy atom. The third-order valence-corrected chi connectivity index (χ3v) is 1.62. The molecule has 0 amide bonds. The van der Waals surface area contributed by atoms with E-state index in [0.29, 0.717) is 0 Å². The van der Waals surface area contributed by atoms with Crippen molar-refractivity contribution in [3.05, 3.63) is 17.7 Å². The van der Waals surface area contributed by atoms with Gasteiger partial charge in [0.15, 0.2) is 0 Å². The number of nitrogens with zero attached hydrogens (tertiary/aromatic N) is 1. The topological polar surface area (TPSA) is 54.7 Å². The van der Waals surface area contributed by atoms with Crippen molar-refractivity contribution >= 4 is 0 Å². The Balaban J connectivity index is 2.89. The van der Waals surface area contributed by atoms with Crippen LogP contribution in [0.15, 0.2) is 6.20 Å². The van der Waals surface area contributed by atoms with Crippen molar-refractivity contribution in [2.75, 3.05) is 0 Å². The molecule has 0 fully saturated rings. The molecule has 1 aromatic heterocycles. The van der Waals surface area contributed by atoms with Crippen molar-refractivity contribution in [1.29, 1.82) is 0 Å². The van der Waals surface area contributed by atoms with Crippen LogP contribution in [-0.2, 0) is 12.0 Å². The number of nitrogens with one attached hydrogen (secondary N) is 1. The summed E-state index contributed by atoms with van der Waals surface area (Å²) in [5.41, 5.74) is 6.61. The van der Waals surface area contributed by atoms with Gasteiger partial charge in [0.2, 0.25) is 0 Å². The van der Waals surface area contributed by atoms with Crippen LogP contribution in [0.3, 0.4) is 0 Å². The summed E-state index contributed by atoms with van der Waals surface area (Å²) in [5.74, 6) is 0.856. The molecule has 1 rings (SSSR count). The number of aromatic amines is 1. The van der Waals surface area contributed by atoms with Gasteiger partial charge in [-0.3, -0.25) is 0 Å². The van der Waals surface area contributed by atoms with Gasteiger partial charge in [-0.15, -0.1) is 0 Å². The summed E-state index contributed by atoms with van der Waals surface area (Å²) in [6.07, 6.45) is 2.81. The van der Waals surface area contributed by atoms with E-state index in [2.05, 4.69) is 16.9 Å². The van der Waals surface area contributed by atoms with Crippen LogP contribution in [0.5, 0.6) is 0 Å².